The van der Waals surface area contributed by atoms with E-state index < -0.39 is 0 Å². The first-order valence-electron chi connectivity index (χ1n) is 8.33. The van der Waals surface area contributed by atoms with Crippen LogP contribution in [0.5, 0.6) is 0 Å². The van der Waals surface area contributed by atoms with Crippen molar-refractivity contribution in [3.8, 4) is 0 Å². The summed E-state index contributed by atoms with van der Waals surface area (Å²) in [7, 11) is 0. The molecule has 1 heteroatoms. The Labute approximate surface area is 123 Å². The molecule has 1 aromatic carbocycles. The molecule has 0 saturated heterocycles. The molecule has 2 aliphatic rings. The van der Waals surface area contributed by atoms with Crippen molar-refractivity contribution in [2.24, 2.45) is 5.92 Å². The average molecular weight is 272 g/mol. The summed E-state index contributed by atoms with van der Waals surface area (Å²) in [4.78, 5) is 0. The summed E-state index contributed by atoms with van der Waals surface area (Å²) in [6.45, 7) is 7.12. The highest BCUT2D eigenvalue weighted by Gasteiger charge is 2.41. The molecule has 20 heavy (non-hydrogen) atoms. The number of aliphatic hydroxyl groups is 1. The van der Waals surface area contributed by atoms with E-state index >= 15 is 0 Å². The molecule has 0 aromatic heterocycles. The van der Waals surface area contributed by atoms with Gasteiger partial charge in [-0.15, -0.1) is 0 Å². The highest BCUT2D eigenvalue weighted by molar-refractivity contribution is 5.45. The van der Waals surface area contributed by atoms with Crippen LogP contribution in [-0.2, 0) is 18.4 Å². The van der Waals surface area contributed by atoms with Crippen LogP contribution in [0.2, 0.25) is 0 Å². The second-order valence-electron chi connectivity index (χ2n) is 7.42. The monoisotopic (exact) mass is 272 g/mol. The van der Waals surface area contributed by atoms with Gasteiger partial charge in [-0.25, -0.2) is 0 Å². The molecule has 0 heterocycles. The largest absolute Gasteiger partial charge is 0.392 e. The summed E-state index contributed by atoms with van der Waals surface area (Å²) in [6, 6.07) is 4.75. The molecule has 0 aliphatic heterocycles. The van der Waals surface area contributed by atoms with Crippen molar-refractivity contribution in [1.82, 2.24) is 0 Å². The van der Waals surface area contributed by atoms with Crippen LogP contribution in [0.4, 0.5) is 0 Å². The zero-order valence-corrected chi connectivity index (χ0v) is 13.2. The van der Waals surface area contributed by atoms with Gasteiger partial charge in [-0.2, -0.15) is 0 Å². The van der Waals surface area contributed by atoms with Gasteiger partial charge in [0, 0.05) is 0 Å². The predicted molar refractivity (Wildman–Crippen MR) is 84.1 cm³/mol. The maximum atomic E-state index is 9.75. The Hall–Kier alpha value is -0.820. The maximum absolute atomic E-state index is 9.75. The van der Waals surface area contributed by atoms with Gasteiger partial charge in [0.15, 0.2) is 0 Å². The maximum Gasteiger partial charge on any atom is 0.0684 e. The van der Waals surface area contributed by atoms with E-state index in [2.05, 4.69) is 32.9 Å². The third-order valence-electron chi connectivity index (χ3n) is 5.93. The Bertz CT molecular complexity index is 503. The average Bonchev–Trinajstić information content (AvgIpc) is 2.45. The third-order valence-corrected chi connectivity index (χ3v) is 5.93. The van der Waals surface area contributed by atoms with Gasteiger partial charge in [0.2, 0.25) is 0 Å². The fourth-order valence-electron chi connectivity index (χ4n) is 4.67. The zero-order valence-electron chi connectivity index (χ0n) is 13.2. The van der Waals surface area contributed by atoms with Crippen LogP contribution in [0, 0.1) is 5.92 Å². The number of benzene rings is 1. The van der Waals surface area contributed by atoms with E-state index in [0.717, 1.165) is 11.5 Å². The summed E-state index contributed by atoms with van der Waals surface area (Å²) >= 11 is 0. The van der Waals surface area contributed by atoms with Crippen LogP contribution in [0.3, 0.4) is 0 Å². The van der Waals surface area contributed by atoms with Crippen molar-refractivity contribution in [1.29, 1.82) is 0 Å². The van der Waals surface area contributed by atoms with Crippen molar-refractivity contribution in [3.63, 3.8) is 0 Å². The number of rotatable bonds is 2. The van der Waals surface area contributed by atoms with Crippen LogP contribution in [-0.4, -0.2) is 5.11 Å². The molecule has 1 N–H and O–H groups in total. The number of hydrogen-bond donors (Lipinski definition) is 1. The fourth-order valence-corrected chi connectivity index (χ4v) is 4.67. The SMILES string of the molecule is CC(C)c1cc2c(cc1CO)C1(C)CCCCC1CC2. The number of hydrogen-bond acceptors (Lipinski definition) is 1. The van der Waals surface area contributed by atoms with Gasteiger partial charge in [-0.3, -0.25) is 0 Å². The van der Waals surface area contributed by atoms with Gasteiger partial charge in [-0.05, 0) is 65.2 Å². The minimum atomic E-state index is 0.182. The van der Waals surface area contributed by atoms with Crippen LogP contribution in [0.15, 0.2) is 12.1 Å². The fraction of sp³-hybridized carbons (Fsp3) is 0.684. The highest BCUT2D eigenvalue weighted by atomic mass is 16.3. The summed E-state index contributed by atoms with van der Waals surface area (Å²) in [6.07, 6.45) is 8.10. The molecular formula is C19H28O. The Kier molecular flexibility index (Phi) is 3.66. The number of fused-ring (bicyclic) bond motifs is 3. The molecule has 1 aromatic rings. The molecule has 0 bridgehead atoms. The minimum absolute atomic E-state index is 0.182. The minimum Gasteiger partial charge on any atom is -0.392 e. The Balaban J connectivity index is 2.11. The van der Waals surface area contributed by atoms with Gasteiger partial charge in [0.05, 0.1) is 6.61 Å². The smallest absolute Gasteiger partial charge is 0.0684 e. The molecule has 110 valence electrons. The van der Waals surface area contributed by atoms with Gasteiger partial charge in [0.1, 0.15) is 0 Å². The van der Waals surface area contributed by atoms with E-state index in [1.807, 2.05) is 0 Å². The Morgan fingerprint density at radius 3 is 2.75 bits per heavy atom. The quantitative estimate of drug-likeness (QED) is 0.827. The van der Waals surface area contributed by atoms with Gasteiger partial charge < -0.3 is 5.11 Å². The van der Waals surface area contributed by atoms with Gasteiger partial charge >= 0.3 is 0 Å². The molecule has 2 aliphatic carbocycles. The van der Waals surface area contributed by atoms with E-state index in [4.69, 9.17) is 0 Å². The molecule has 3 rings (SSSR count). The van der Waals surface area contributed by atoms with Crippen molar-refractivity contribution in [2.45, 2.75) is 77.2 Å². The predicted octanol–water partition coefficient (Wildman–Crippen LogP) is 4.70. The van der Waals surface area contributed by atoms with Gasteiger partial charge in [0.25, 0.3) is 0 Å². The molecule has 1 nitrogen and oxygen atoms in total. The summed E-state index contributed by atoms with van der Waals surface area (Å²) in [5.74, 6) is 1.36. The third kappa shape index (κ3) is 2.11. The lowest BCUT2D eigenvalue weighted by Gasteiger charge is -2.47. The molecule has 0 radical (unpaired) electrons. The molecule has 2 atom stereocenters. The Morgan fingerprint density at radius 1 is 1.25 bits per heavy atom. The molecule has 2 unspecified atom stereocenters. The van der Waals surface area contributed by atoms with Crippen molar-refractivity contribution >= 4 is 0 Å². The second kappa shape index (κ2) is 5.18. The lowest BCUT2D eigenvalue weighted by molar-refractivity contribution is 0.177. The molecule has 0 amide bonds. The molecular weight excluding hydrogens is 244 g/mol. The van der Waals surface area contributed by atoms with Gasteiger partial charge in [-0.1, -0.05) is 45.7 Å². The van der Waals surface area contributed by atoms with Crippen molar-refractivity contribution in [3.05, 3.63) is 34.4 Å². The Morgan fingerprint density at radius 2 is 2.05 bits per heavy atom. The van der Waals surface area contributed by atoms with E-state index in [0.29, 0.717) is 11.3 Å². The van der Waals surface area contributed by atoms with Crippen LogP contribution in [0.25, 0.3) is 0 Å². The van der Waals surface area contributed by atoms with E-state index in [1.54, 1.807) is 11.1 Å². The first-order chi connectivity index (χ1) is 9.56. The second-order valence-corrected chi connectivity index (χ2v) is 7.42. The summed E-state index contributed by atoms with van der Waals surface area (Å²) < 4.78 is 0. The number of aliphatic hydroxyl groups excluding tert-OH is 1. The molecule has 1 fully saturated rings. The van der Waals surface area contributed by atoms with Crippen LogP contribution in [0.1, 0.15) is 81.0 Å². The lowest BCUT2D eigenvalue weighted by atomic mass is 9.58. The van der Waals surface area contributed by atoms with E-state index in [1.165, 1.54) is 44.1 Å². The van der Waals surface area contributed by atoms with Crippen LogP contribution >= 0.6 is 0 Å². The van der Waals surface area contributed by atoms with Crippen molar-refractivity contribution < 1.29 is 5.11 Å². The first kappa shape index (κ1) is 14.1. The highest BCUT2D eigenvalue weighted by Crippen LogP contribution is 2.50. The zero-order chi connectivity index (χ0) is 14.3. The van der Waals surface area contributed by atoms with E-state index in [-0.39, 0.29) is 6.61 Å². The first-order valence-corrected chi connectivity index (χ1v) is 8.33. The number of aryl methyl sites for hydroxylation is 1. The topological polar surface area (TPSA) is 20.2 Å². The normalized spacial score (nSPS) is 29.1. The lowest BCUT2D eigenvalue weighted by Crippen LogP contribution is -2.39. The van der Waals surface area contributed by atoms with Crippen molar-refractivity contribution in [2.75, 3.05) is 0 Å². The van der Waals surface area contributed by atoms with Crippen LogP contribution < -0.4 is 0 Å². The van der Waals surface area contributed by atoms with E-state index in [9.17, 15) is 5.11 Å². The molecule has 0 spiro atoms. The summed E-state index contributed by atoms with van der Waals surface area (Å²) in [5, 5.41) is 9.75. The molecule has 1 saturated carbocycles. The standard InChI is InChI=1S/C19H28O/c1-13(2)17-10-14-7-8-16-6-4-5-9-19(16,3)18(14)11-15(17)12-20/h10-11,13,16,20H,4-9,12H2,1-3H3. The summed E-state index contributed by atoms with van der Waals surface area (Å²) in [5.41, 5.74) is 5.99.